The molecule has 0 aromatic carbocycles. The molecule has 2 nitrogen and oxygen atoms in total. The molecular formula is C22H43N2P. The molecule has 0 amide bonds. The first kappa shape index (κ1) is 22.7. The van der Waals surface area contributed by atoms with Gasteiger partial charge in [0.2, 0.25) is 0 Å². The van der Waals surface area contributed by atoms with Crippen molar-refractivity contribution in [1.82, 2.24) is 9.99 Å². The largest absolute Gasteiger partial charge is 0.361 e. The Kier molecular flexibility index (Phi) is 9.75. The van der Waals surface area contributed by atoms with Gasteiger partial charge in [-0.3, -0.25) is 4.67 Å². The number of rotatable bonds is 7. The molecule has 1 fully saturated rings. The number of nitrogens with zero attached hydrogens (tertiary/aromatic N) is 1. The first-order valence-electron chi connectivity index (χ1n) is 10.4. The van der Waals surface area contributed by atoms with Crippen molar-refractivity contribution in [3.05, 3.63) is 23.0 Å². The van der Waals surface area contributed by atoms with Crippen LogP contribution in [0.3, 0.4) is 0 Å². The van der Waals surface area contributed by atoms with Crippen LogP contribution >= 0.6 is 9.39 Å². The summed E-state index contributed by atoms with van der Waals surface area (Å²) in [6.45, 7) is 17.4. The third-order valence-electron chi connectivity index (χ3n) is 5.96. The monoisotopic (exact) mass is 366 g/mol. The maximum atomic E-state index is 3.94. The third kappa shape index (κ3) is 6.72. The van der Waals surface area contributed by atoms with Crippen LogP contribution in [0.2, 0.25) is 0 Å². The van der Waals surface area contributed by atoms with Gasteiger partial charge in [-0.1, -0.05) is 81.3 Å². The van der Waals surface area contributed by atoms with E-state index in [9.17, 15) is 0 Å². The fourth-order valence-electron chi connectivity index (χ4n) is 3.38. The smallest absolute Gasteiger partial charge is 0.0529 e. The van der Waals surface area contributed by atoms with Crippen LogP contribution < -0.4 is 5.32 Å². The summed E-state index contributed by atoms with van der Waals surface area (Å²) in [4.78, 5) is 0. The van der Waals surface area contributed by atoms with Crippen molar-refractivity contribution in [1.29, 1.82) is 0 Å². The highest BCUT2D eigenvalue weighted by molar-refractivity contribution is 7.13. The number of allylic oxidation sites excluding steroid dienone is 3. The van der Waals surface area contributed by atoms with E-state index in [4.69, 9.17) is 0 Å². The van der Waals surface area contributed by atoms with Crippen LogP contribution in [0.15, 0.2) is 23.0 Å². The molecule has 2 unspecified atom stereocenters. The highest BCUT2D eigenvalue weighted by Crippen LogP contribution is 2.35. The van der Waals surface area contributed by atoms with Crippen LogP contribution in [0.1, 0.15) is 93.4 Å². The van der Waals surface area contributed by atoms with E-state index in [0.29, 0.717) is 12.0 Å². The second-order valence-corrected chi connectivity index (χ2v) is 9.44. The summed E-state index contributed by atoms with van der Waals surface area (Å²) in [5.74, 6) is 0.603. The highest BCUT2D eigenvalue weighted by atomic mass is 31.0. The molecule has 0 spiro atoms. The zero-order valence-corrected chi connectivity index (χ0v) is 19.1. The summed E-state index contributed by atoms with van der Waals surface area (Å²) in [7, 11) is 3.00. The summed E-state index contributed by atoms with van der Waals surface area (Å²) in [6.07, 6.45) is 11.4. The lowest BCUT2D eigenvalue weighted by Gasteiger charge is -2.38. The van der Waals surface area contributed by atoms with E-state index in [-0.39, 0.29) is 5.41 Å². The van der Waals surface area contributed by atoms with Gasteiger partial charge in [-0.25, -0.2) is 0 Å². The van der Waals surface area contributed by atoms with Crippen LogP contribution in [-0.4, -0.2) is 17.3 Å². The molecule has 25 heavy (non-hydrogen) atoms. The summed E-state index contributed by atoms with van der Waals surface area (Å²) >= 11 is 0. The molecule has 0 aromatic heterocycles. The molecule has 0 radical (unpaired) electrons. The van der Waals surface area contributed by atoms with E-state index in [0.717, 1.165) is 6.42 Å². The van der Waals surface area contributed by atoms with Crippen molar-refractivity contribution in [2.24, 2.45) is 11.3 Å². The maximum Gasteiger partial charge on any atom is 0.0529 e. The molecule has 0 aromatic rings. The molecule has 0 saturated carbocycles. The van der Waals surface area contributed by atoms with Crippen molar-refractivity contribution in [3.63, 3.8) is 0 Å². The van der Waals surface area contributed by atoms with Crippen LogP contribution in [0.25, 0.3) is 0 Å². The molecule has 2 atom stereocenters. The van der Waals surface area contributed by atoms with Crippen LogP contribution in [-0.2, 0) is 0 Å². The molecule has 1 N–H and O–H groups in total. The Labute approximate surface area is 160 Å². The Hall–Kier alpha value is -0.330. The minimum Gasteiger partial charge on any atom is -0.361 e. The molecule has 1 rings (SSSR count). The molecule has 0 aliphatic carbocycles. The maximum absolute atomic E-state index is 3.94. The Bertz CT molecular complexity index is 459. The quantitative estimate of drug-likeness (QED) is 0.507. The van der Waals surface area contributed by atoms with E-state index in [2.05, 4.69) is 73.9 Å². The Balaban J connectivity index is 3.13. The van der Waals surface area contributed by atoms with Gasteiger partial charge in [0, 0.05) is 23.4 Å². The number of nitrogens with one attached hydrogen (secondary N) is 1. The van der Waals surface area contributed by atoms with Gasteiger partial charge in [0.25, 0.3) is 0 Å². The minimum absolute atomic E-state index is 0.156. The van der Waals surface area contributed by atoms with Crippen molar-refractivity contribution in [3.8, 4) is 0 Å². The molecule has 3 heteroatoms. The zero-order valence-electron chi connectivity index (χ0n) is 17.9. The third-order valence-corrected chi connectivity index (χ3v) is 6.58. The van der Waals surface area contributed by atoms with E-state index in [1.165, 1.54) is 62.0 Å². The predicted octanol–water partition coefficient (Wildman–Crippen LogP) is 6.66. The predicted molar refractivity (Wildman–Crippen MR) is 116 cm³/mol. The van der Waals surface area contributed by atoms with Gasteiger partial charge in [0.1, 0.15) is 0 Å². The summed E-state index contributed by atoms with van der Waals surface area (Å²) < 4.78 is 2.49. The van der Waals surface area contributed by atoms with Crippen molar-refractivity contribution in [2.45, 2.75) is 99.5 Å². The molecule has 1 saturated heterocycles. The molecular weight excluding hydrogens is 323 g/mol. The second-order valence-electron chi connectivity index (χ2n) is 8.78. The second kappa shape index (κ2) is 10.7. The van der Waals surface area contributed by atoms with Gasteiger partial charge in [0.15, 0.2) is 0 Å². The van der Waals surface area contributed by atoms with E-state index >= 15 is 0 Å². The average Bonchev–Trinajstić information content (AvgIpc) is 2.52. The van der Waals surface area contributed by atoms with Gasteiger partial charge < -0.3 is 5.32 Å². The zero-order chi connectivity index (χ0) is 19.0. The van der Waals surface area contributed by atoms with Crippen LogP contribution in [0, 0.1) is 11.3 Å². The number of hydrogen-bond donors (Lipinski definition) is 1. The topological polar surface area (TPSA) is 15.3 Å². The Morgan fingerprint density at radius 1 is 1.20 bits per heavy atom. The highest BCUT2D eigenvalue weighted by Gasteiger charge is 2.30. The fourth-order valence-corrected chi connectivity index (χ4v) is 3.86. The molecule has 0 bridgehead atoms. The Morgan fingerprint density at radius 2 is 1.84 bits per heavy atom. The number of unbranched alkanes of at least 4 members (excludes halogenated alkanes) is 1. The summed E-state index contributed by atoms with van der Waals surface area (Å²) in [5.41, 5.74) is 4.40. The van der Waals surface area contributed by atoms with Crippen molar-refractivity contribution >= 4 is 9.39 Å². The molecule has 1 aliphatic rings. The molecule has 1 aliphatic heterocycles. The van der Waals surface area contributed by atoms with Crippen LogP contribution in [0.4, 0.5) is 0 Å². The summed E-state index contributed by atoms with van der Waals surface area (Å²) in [5, 5.41) is 3.94. The van der Waals surface area contributed by atoms with Crippen molar-refractivity contribution in [2.75, 3.05) is 6.54 Å². The first-order valence-corrected chi connectivity index (χ1v) is 10.9. The lowest BCUT2D eigenvalue weighted by atomic mass is 9.77. The minimum atomic E-state index is 0.156. The van der Waals surface area contributed by atoms with Crippen LogP contribution in [0.5, 0.6) is 0 Å². The normalized spacial score (nSPS) is 21.0. The standard InChI is InChI=1S/C22H43N2P/c1-8-9-15-20(22(6,7)18(4)5)23-21(17(2)3)19-14-12-10-11-13-16-24(19)25/h15,18-19,23H,8-14,16,25H2,1-7H3/b20-15-. The fraction of sp³-hybridized carbons (Fsp3) is 0.818. The van der Waals surface area contributed by atoms with Gasteiger partial charge in [-0.05, 0) is 39.0 Å². The summed E-state index contributed by atoms with van der Waals surface area (Å²) in [6, 6.07) is 0.489. The lowest BCUT2D eigenvalue weighted by molar-refractivity contribution is 0.280. The Morgan fingerprint density at radius 3 is 2.40 bits per heavy atom. The molecule has 146 valence electrons. The van der Waals surface area contributed by atoms with Gasteiger partial charge in [-0.15, -0.1) is 0 Å². The molecule has 1 heterocycles. The van der Waals surface area contributed by atoms with E-state index in [1.54, 1.807) is 0 Å². The SMILES string of the molecule is CCC/C=C(\NC(=C(C)C)C1CCCCCCN1P)C(C)(C)C(C)C. The van der Waals surface area contributed by atoms with Crippen molar-refractivity contribution < 1.29 is 0 Å². The first-order chi connectivity index (χ1) is 11.7. The van der Waals surface area contributed by atoms with Gasteiger partial charge in [-0.2, -0.15) is 0 Å². The van der Waals surface area contributed by atoms with E-state index < -0.39 is 0 Å². The average molecular weight is 367 g/mol. The van der Waals surface area contributed by atoms with Gasteiger partial charge >= 0.3 is 0 Å². The van der Waals surface area contributed by atoms with E-state index in [1.807, 2.05) is 0 Å². The van der Waals surface area contributed by atoms with Gasteiger partial charge in [0.05, 0.1) is 6.04 Å². The lowest BCUT2D eigenvalue weighted by Crippen LogP contribution is -2.40. The number of hydrogen-bond acceptors (Lipinski definition) is 2.